The van der Waals surface area contributed by atoms with Crippen LogP contribution in [0, 0.1) is 5.92 Å². The monoisotopic (exact) mass is 558 g/mol. The quantitative estimate of drug-likeness (QED) is 0.188. The van der Waals surface area contributed by atoms with Gasteiger partial charge in [-0.25, -0.2) is 0 Å². The van der Waals surface area contributed by atoms with Gasteiger partial charge in [-0.05, 0) is 72.0 Å². The molecular weight excluding hydrogens is 535 g/mol. The molecule has 0 aromatic heterocycles. The summed E-state index contributed by atoms with van der Waals surface area (Å²) in [6.07, 6.45) is 7.54. The average molecular weight is 560 g/mol. The molecule has 1 aliphatic carbocycles. The zero-order chi connectivity index (χ0) is 26.1. The maximum atomic E-state index is 6.31. The summed E-state index contributed by atoms with van der Waals surface area (Å²) in [4.78, 5) is 4.71. The second kappa shape index (κ2) is 10.9. The highest BCUT2D eigenvalue weighted by Gasteiger charge is 2.37. The molecule has 190 valence electrons. The number of anilines is 1. The van der Waals surface area contributed by atoms with Crippen molar-refractivity contribution in [3.63, 3.8) is 0 Å². The summed E-state index contributed by atoms with van der Waals surface area (Å²) in [5, 5.41) is 5.55. The van der Waals surface area contributed by atoms with E-state index >= 15 is 0 Å². The molecule has 4 aromatic rings. The SMILES string of the molecule is Clc1ccc(COc2ccc(Cl)cc2C=Nc2ccc([C@@H]3Nc4ccccc4[C@H]4C=CC[C@H]43)cc2)c(Cl)c1. The van der Waals surface area contributed by atoms with Crippen molar-refractivity contribution in [1.82, 2.24) is 0 Å². The minimum atomic E-state index is 0.260. The molecule has 0 saturated heterocycles. The first kappa shape index (κ1) is 25.1. The van der Waals surface area contributed by atoms with E-state index in [9.17, 15) is 0 Å². The van der Waals surface area contributed by atoms with E-state index < -0.39 is 0 Å². The molecule has 3 atom stereocenters. The second-order valence-electron chi connectivity index (χ2n) is 9.62. The van der Waals surface area contributed by atoms with Crippen LogP contribution in [0.4, 0.5) is 11.4 Å². The van der Waals surface area contributed by atoms with Crippen molar-refractivity contribution >= 4 is 52.4 Å². The summed E-state index contributed by atoms with van der Waals surface area (Å²) in [7, 11) is 0. The fourth-order valence-electron chi connectivity index (χ4n) is 5.33. The van der Waals surface area contributed by atoms with E-state index in [4.69, 9.17) is 44.5 Å². The predicted octanol–water partition coefficient (Wildman–Crippen LogP) is 9.80. The minimum Gasteiger partial charge on any atom is -0.488 e. The Bertz CT molecular complexity index is 1530. The molecule has 6 heteroatoms. The van der Waals surface area contributed by atoms with E-state index in [1.165, 1.54) is 16.8 Å². The molecule has 6 rings (SSSR count). The van der Waals surface area contributed by atoms with E-state index in [2.05, 4.69) is 66.0 Å². The summed E-state index contributed by atoms with van der Waals surface area (Å²) < 4.78 is 6.06. The number of rotatable bonds is 6. The lowest BCUT2D eigenvalue weighted by molar-refractivity contribution is 0.306. The average Bonchev–Trinajstić information content (AvgIpc) is 3.43. The maximum Gasteiger partial charge on any atom is 0.128 e. The molecule has 0 unspecified atom stereocenters. The van der Waals surface area contributed by atoms with Crippen molar-refractivity contribution in [1.29, 1.82) is 0 Å². The van der Waals surface area contributed by atoms with Gasteiger partial charge in [-0.3, -0.25) is 4.99 Å². The summed E-state index contributed by atoms with van der Waals surface area (Å²) >= 11 is 18.6. The number of allylic oxidation sites excluding steroid dienone is 2. The molecule has 0 bridgehead atoms. The van der Waals surface area contributed by atoms with Crippen LogP contribution in [0.15, 0.2) is 102 Å². The smallest absolute Gasteiger partial charge is 0.128 e. The Morgan fingerprint density at radius 2 is 1.68 bits per heavy atom. The molecule has 4 aromatic carbocycles. The first-order valence-corrected chi connectivity index (χ1v) is 13.7. The number of nitrogens with one attached hydrogen (secondary N) is 1. The van der Waals surface area contributed by atoms with Gasteiger partial charge in [0, 0.05) is 44.0 Å². The summed E-state index contributed by atoms with van der Waals surface area (Å²) in [5.74, 6) is 1.64. The number of nitrogens with zero attached hydrogens (tertiary/aromatic N) is 1. The van der Waals surface area contributed by atoms with E-state index in [1.54, 1.807) is 24.4 Å². The van der Waals surface area contributed by atoms with Crippen LogP contribution < -0.4 is 10.1 Å². The number of halogens is 3. The van der Waals surface area contributed by atoms with Gasteiger partial charge >= 0.3 is 0 Å². The molecular formula is C32H25Cl3N2O. The number of fused-ring (bicyclic) bond motifs is 3. The van der Waals surface area contributed by atoms with Crippen molar-refractivity contribution in [2.75, 3.05) is 5.32 Å². The molecule has 2 aliphatic rings. The van der Waals surface area contributed by atoms with Gasteiger partial charge in [0.25, 0.3) is 0 Å². The van der Waals surface area contributed by atoms with Gasteiger partial charge in [-0.2, -0.15) is 0 Å². The number of hydrogen-bond donors (Lipinski definition) is 1. The van der Waals surface area contributed by atoms with Crippen LogP contribution in [-0.2, 0) is 6.61 Å². The normalized spacial score (nSPS) is 19.7. The molecule has 0 amide bonds. The Kier molecular flexibility index (Phi) is 7.16. The third-order valence-electron chi connectivity index (χ3n) is 7.25. The van der Waals surface area contributed by atoms with Crippen LogP contribution >= 0.6 is 34.8 Å². The summed E-state index contributed by atoms with van der Waals surface area (Å²) in [6, 6.07) is 28.2. The fourth-order valence-corrected chi connectivity index (χ4v) is 5.97. The third-order valence-corrected chi connectivity index (χ3v) is 8.07. The predicted molar refractivity (Wildman–Crippen MR) is 159 cm³/mol. The zero-order valence-electron chi connectivity index (χ0n) is 20.5. The molecule has 38 heavy (non-hydrogen) atoms. The highest BCUT2D eigenvalue weighted by Crippen LogP contribution is 2.49. The van der Waals surface area contributed by atoms with Crippen molar-refractivity contribution < 1.29 is 4.74 Å². The van der Waals surface area contributed by atoms with Gasteiger partial charge in [0.05, 0.1) is 11.7 Å². The van der Waals surface area contributed by atoms with Crippen molar-refractivity contribution in [3.05, 3.63) is 134 Å². The molecule has 1 aliphatic heterocycles. The van der Waals surface area contributed by atoms with E-state index in [-0.39, 0.29) is 6.04 Å². The molecule has 0 radical (unpaired) electrons. The number of aliphatic imine (C=N–C) groups is 1. The molecule has 3 nitrogen and oxygen atoms in total. The van der Waals surface area contributed by atoms with E-state index in [0.717, 1.165) is 23.2 Å². The molecule has 1 N–H and O–H groups in total. The van der Waals surface area contributed by atoms with Crippen molar-refractivity contribution in [3.8, 4) is 5.75 Å². The van der Waals surface area contributed by atoms with E-state index in [0.29, 0.717) is 39.3 Å². The lowest BCUT2D eigenvalue weighted by Gasteiger charge is -2.37. The zero-order valence-corrected chi connectivity index (χ0v) is 22.7. The van der Waals surface area contributed by atoms with Gasteiger partial charge in [0.15, 0.2) is 0 Å². The van der Waals surface area contributed by atoms with Crippen LogP contribution in [0.2, 0.25) is 15.1 Å². The van der Waals surface area contributed by atoms with Gasteiger partial charge in [-0.15, -0.1) is 0 Å². The number of hydrogen-bond acceptors (Lipinski definition) is 3. The molecule has 0 spiro atoms. The first-order chi connectivity index (χ1) is 18.5. The lowest BCUT2D eigenvalue weighted by Crippen LogP contribution is -2.28. The summed E-state index contributed by atoms with van der Waals surface area (Å²) in [6.45, 7) is 0.307. The minimum absolute atomic E-state index is 0.260. The van der Waals surface area contributed by atoms with Crippen LogP contribution in [0.3, 0.4) is 0 Å². The van der Waals surface area contributed by atoms with Crippen LogP contribution in [-0.4, -0.2) is 6.21 Å². The van der Waals surface area contributed by atoms with Crippen LogP contribution in [0.25, 0.3) is 0 Å². The Morgan fingerprint density at radius 3 is 2.53 bits per heavy atom. The van der Waals surface area contributed by atoms with E-state index in [1.807, 2.05) is 18.2 Å². The van der Waals surface area contributed by atoms with Crippen molar-refractivity contribution in [2.24, 2.45) is 10.9 Å². The summed E-state index contributed by atoms with van der Waals surface area (Å²) in [5.41, 5.74) is 6.38. The third kappa shape index (κ3) is 5.19. The topological polar surface area (TPSA) is 33.6 Å². The van der Waals surface area contributed by atoms with Gasteiger partial charge in [0.1, 0.15) is 12.4 Å². The second-order valence-corrected chi connectivity index (χ2v) is 10.9. The van der Waals surface area contributed by atoms with Gasteiger partial charge < -0.3 is 10.1 Å². The van der Waals surface area contributed by atoms with Gasteiger partial charge in [0.2, 0.25) is 0 Å². The molecule has 0 saturated carbocycles. The van der Waals surface area contributed by atoms with Crippen LogP contribution in [0.5, 0.6) is 5.75 Å². The molecule has 0 fully saturated rings. The highest BCUT2D eigenvalue weighted by atomic mass is 35.5. The highest BCUT2D eigenvalue weighted by molar-refractivity contribution is 6.35. The largest absolute Gasteiger partial charge is 0.488 e. The lowest BCUT2D eigenvalue weighted by atomic mass is 9.77. The number of para-hydroxylation sites is 1. The number of ether oxygens (including phenoxy) is 1. The Morgan fingerprint density at radius 1 is 0.895 bits per heavy atom. The van der Waals surface area contributed by atoms with Gasteiger partial charge in [-0.1, -0.05) is 83.4 Å². The standard InChI is InChI=1S/C32H25Cl3N2O/c33-23-12-15-31(38-19-21-8-11-24(34)17-29(21)35)22(16-23)18-36-25-13-9-20(10-14-25)32-28-6-3-5-26(28)27-4-1-2-7-30(27)37-32/h1-5,7-18,26,28,32,37H,6,19H2/t26-,28-,32+/m1/s1. The Hall–Kier alpha value is -3.24. The van der Waals surface area contributed by atoms with Crippen molar-refractivity contribution in [2.45, 2.75) is 25.0 Å². The fraction of sp³-hybridized carbons (Fsp3) is 0.156. The first-order valence-electron chi connectivity index (χ1n) is 12.6. The Balaban J connectivity index is 1.19. The molecule has 1 heterocycles. The maximum absolute atomic E-state index is 6.31. The number of benzene rings is 4. The Labute approximate surface area is 237 Å². The van der Waals surface area contributed by atoms with Crippen LogP contribution in [0.1, 0.15) is 40.6 Å².